The van der Waals surface area contributed by atoms with Gasteiger partial charge in [-0.25, -0.2) is 0 Å². The Kier molecular flexibility index (Phi) is 8.43. The van der Waals surface area contributed by atoms with Crippen molar-refractivity contribution in [3.8, 4) is 0 Å². The molecule has 0 aromatic heterocycles. The van der Waals surface area contributed by atoms with Crippen molar-refractivity contribution in [2.45, 2.75) is 39.3 Å². The fourth-order valence-electron chi connectivity index (χ4n) is 2.21. The first-order valence-electron chi connectivity index (χ1n) is 7.34. The number of anilines is 1. The number of nitrogens with one attached hydrogen (secondary N) is 1. The molecule has 1 rings (SSSR count). The molecule has 4 heteroatoms. The van der Waals surface area contributed by atoms with Gasteiger partial charge in [-0.05, 0) is 43.3 Å². The van der Waals surface area contributed by atoms with Gasteiger partial charge in [-0.2, -0.15) is 11.8 Å². The van der Waals surface area contributed by atoms with E-state index in [9.17, 15) is 0 Å². The standard InChI is InChI=1S/C16H27ClN2S/c1-5-9-18-11-13-7-8-15(10-16(13)17)19(3)14(6-2)12-20-4/h7-8,10,14,18H,5-6,9,11-12H2,1-4H3. The van der Waals surface area contributed by atoms with Gasteiger partial charge in [0, 0.05) is 36.1 Å². The molecule has 0 aliphatic carbocycles. The van der Waals surface area contributed by atoms with Crippen LogP contribution in [-0.2, 0) is 6.54 Å². The summed E-state index contributed by atoms with van der Waals surface area (Å²) in [5, 5.41) is 4.25. The lowest BCUT2D eigenvalue weighted by molar-refractivity contribution is 0.669. The maximum absolute atomic E-state index is 6.41. The molecule has 1 aromatic rings. The van der Waals surface area contributed by atoms with Gasteiger partial charge in [-0.15, -0.1) is 0 Å². The van der Waals surface area contributed by atoms with Crippen LogP contribution < -0.4 is 10.2 Å². The van der Waals surface area contributed by atoms with Crippen LogP contribution in [0, 0.1) is 0 Å². The molecule has 0 fully saturated rings. The molecule has 0 spiro atoms. The predicted octanol–water partition coefficient (Wildman–Crippen LogP) is 4.42. The lowest BCUT2D eigenvalue weighted by Gasteiger charge is -2.29. The Bertz CT molecular complexity index is 398. The first-order chi connectivity index (χ1) is 9.63. The van der Waals surface area contributed by atoms with Gasteiger partial charge in [0.2, 0.25) is 0 Å². The van der Waals surface area contributed by atoms with Crippen LogP contribution in [0.2, 0.25) is 5.02 Å². The maximum atomic E-state index is 6.41. The number of benzene rings is 1. The molecule has 0 aliphatic heterocycles. The summed E-state index contributed by atoms with van der Waals surface area (Å²) >= 11 is 8.30. The zero-order valence-electron chi connectivity index (χ0n) is 13.1. The van der Waals surface area contributed by atoms with Crippen LogP contribution in [0.5, 0.6) is 0 Å². The van der Waals surface area contributed by atoms with Gasteiger partial charge in [0.1, 0.15) is 0 Å². The van der Waals surface area contributed by atoms with E-state index < -0.39 is 0 Å². The van der Waals surface area contributed by atoms with Crippen LogP contribution >= 0.6 is 23.4 Å². The van der Waals surface area contributed by atoms with Crippen molar-refractivity contribution >= 4 is 29.1 Å². The Morgan fingerprint density at radius 3 is 2.65 bits per heavy atom. The zero-order chi connectivity index (χ0) is 15.0. The summed E-state index contributed by atoms with van der Waals surface area (Å²) < 4.78 is 0. The van der Waals surface area contributed by atoms with Gasteiger partial charge < -0.3 is 10.2 Å². The van der Waals surface area contributed by atoms with E-state index in [1.807, 2.05) is 11.8 Å². The normalized spacial score (nSPS) is 12.4. The quantitative estimate of drug-likeness (QED) is 0.679. The van der Waals surface area contributed by atoms with Crippen LogP contribution in [0.3, 0.4) is 0 Å². The predicted molar refractivity (Wildman–Crippen MR) is 94.3 cm³/mol. The fraction of sp³-hybridized carbons (Fsp3) is 0.625. The number of nitrogens with zero attached hydrogens (tertiary/aromatic N) is 1. The summed E-state index contributed by atoms with van der Waals surface area (Å²) in [5.41, 5.74) is 2.38. The second-order valence-corrected chi connectivity index (χ2v) is 6.40. The van der Waals surface area contributed by atoms with Crippen LogP contribution in [0.4, 0.5) is 5.69 Å². The molecule has 0 bridgehead atoms. The lowest BCUT2D eigenvalue weighted by atomic mass is 10.1. The summed E-state index contributed by atoms with van der Waals surface area (Å²) in [5.74, 6) is 1.14. The van der Waals surface area contributed by atoms with E-state index >= 15 is 0 Å². The fourth-order valence-corrected chi connectivity index (χ4v) is 3.29. The molecular formula is C16H27ClN2S. The molecule has 114 valence electrons. The van der Waals surface area contributed by atoms with Crippen molar-refractivity contribution in [2.75, 3.05) is 30.5 Å². The van der Waals surface area contributed by atoms with E-state index in [1.165, 1.54) is 11.3 Å². The van der Waals surface area contributed by atoms with Crippen molar-refractivity contribution in [3.05, 3.63) is 28.8 Å². The molecular weight excluding hydrogens is 288 g/mol. The minimum absolute atomic E-state index is 0.560. The van der Waals surface area contributed by atoms with E-state index in [1.54, 1.807) is 0 Å². The van der Waals surface area contributed by atoms with Gasteiger partial charge in [0.25, 0.3) is 0 Å². The summed E-state index contributed by atoms with van der Waals surface area (Å²) in [6.07, 6.45) is 4.45. The van der Waals surface area contributed by atoms with Gasteiger partial charge in [0.05, 0.1) is 0 Å². The average molecular weight is 315 g/mol. The Hall–Kier alpha value is -0.380. The second-order valence-electron chi connectivity index (χ2n) is 5.08. The minimum Gasteiger partial charge on any atom is -0.371 e. The number of hydrogen-bond acceptors (Lipinski definition) is 3. The highest BCUT2D eigenvalue weighted by Gasteiger charge is 2.13. The minimum atomic E-state index is 0.560. The number of rotatable bonds is 9. The molecule has 0 saturated carbocycles. The van der Waals surface area contributed by atoms with Gasteiger partial charge >= 0.3 is 0 Å². The van der Waals surface area contributed by atoms with Crippen molar-refractivity contribution in [3.63, 3.8) is 0 Å². The largest absolute Gasteiger partial charge is 0.371 e. The molecule has 1 atom stereocenters. The first kappa shape index (κ1) is 17.7. The molecule has 0 radical (unpaired) electrons. The third-order valence-corrected chi connectivity index (χ3v) is 4.63. The summed E-state index contributed by atoms with van der Waals surface area (Å²) in [6.45, 7) is 6.29. The molecule has 1 N–H and O–H groups in total. The third-order valence-electron chi connectivity index (χ3n) is 3.56. The number of thioether (sulfide) groups is 1. The molecule has 1 unspecified atom stereocenters. The van der Waals surface area contributed by atoms with Crippen LogP contribution in [0.1, 0.15) is 32.3 Å². The van der Waals surface area contributed by atoms with E-state index in [4.69, 9.17) is 11.6 Å². The molecule has 0 heterocycles. The summed E-state index contributed by atoms with van der Waals surface area (Å²) in [4.78, 5) is 2.34. The van der Waals surface area contributed by atoms with Gasteiger partial charge in [-0.1, -0.05) is 31.5 Å². The smallest absolute Gasteiger partial charge is 0.0471 e. The Morgan fingerprint density at radius 2 is 2.10 bits per heavy atom. The highest BCUT2D eigenvalue weighted by molar-refractivity contribution is 7.98. The van der Waals surface area contributed by atoms with E-state index in [2.05, 4.69) is 55.6 Å². The van der Waals surface area contributed by atoms with Crippen LogP contribution in [-0.4, -0.2) is 31.6 Å². The van der Waals surface area contributed by atoms with E-state index in [-0.39, 0.29) is 0 Å². The van der Waals surface area contributed by atoms with Crippen molar-refractivity contribution in [1.82, 2.24) is 5.32 Å². The maximum Gasteiger partial charge on any atom is 0.0471 e. The van der Waals surface area contributed by atoms with E-state index in [0.717, 1.165) is 36.7 Å². The SMILES string of the molecule is CCCNCc1ccc(N(C)C(CC)CSC)cc1Cl. The van der Waals surface area contributed by atoms with Crippen LogP contribution in [0.25, 0.3) is 0 Å². The second kappa shape index (κ2) is 9.54. The molecule has 20 heavy (non-hydrogen) atoms. The van der Waals surface area contributed by atoms with Gasteiger partial charge in [-0.3, -0.25) is 0 Å². The van der Waals surface area contributed by atoms with Gasteiger partial charge in [0.15, 0.2) is 0 Å². The molecule has 0 aliphatic rings. The topological polar surface area (TPSA) is 15.3 Å². The van der Waals surface area contributed by atoms with Crippen molar-refractivity contribution in [1.29, 1.82) is 0 Å². The third kappa shape index (κ3) is 5.19. The molecule has 0 amide bonds. The first-order valence-corrected chi connectivity index (χ1v) is 9.12. The van der Waals surface area contributed by atoms with E-state index in [0.29, 0.717) is 6.04 Å². The molecule has 1 aromatic carbocycles. The Labute approximate surface area is 133 Å². The Morgan fingerprint density at radius 1 is 1.35 bits per heavy atom. The average Bonchev–Trinajstić information content (AvgIpc) is 2.46. The van der Waals surface area contributed by atoms with Crippen LogP contribution in [0.15, 0.2) is 18.2 Å². The Balaban J connectivity index is 2.74. The number of halogens is 1. The molecule has 2 nitrogen and oxygen atoms in total. The van der Waals surface area contributed by atoms with Crippen molar-refractivity contribution < 1.29 is 0 Å². The molecule has 0 saturated heterocycles. The number of hydrogen-bond donors (Lipinski definition) is 1. The highest BCUT2D eigenvalue weighted by Crippen LogP contribution is 2.25. The summed E-state index contributed by atoms with van der Waals surface area (Å²) in [6, 6.07) is 6.97. The van der Waals surface area contributed by atoms with Crippen molar-refractivity contribution in [2.24, 2.45) is 0 Å². The summed E-state index contributed by atoms with van der Waals surface area (Å²) in [7, 11) is 2.16. The monoisotopic (exact) mass is 314 g/mol. The lowest BCUT2D eigenvalue weighted by Crippen LogP contribution is -2.33. The highest BCUT2D eigenvalue weighted by atomic mass is 35.5. The zero-order valence-corrected chi connectivity index (χ0v) is 14.7.